The fraction of sp³-hybridized carbons (Fsp3) is 0.925. The maximum Gasteiger partial charge on any atom is 0.132 e. The maximum absolute atomic E-state index is 12.4. The zero-order valence-corrected chi connectivity index (χ0v) is 29.0. The minimum absolute atomic E-state index is 0.483. The van der Waals surface area contributed by atoms with E-state index in [1.54, 1.807) is 0 Å². The van der Waals surface area contributed by atoms with Crippen LogP contribution >= 0.6 is 0 Å². The molecule has 0 atom stereocenters. The summed E-state index contributed by atoms with van der Waals surface area (Å²) in [6, 6.07) is 0. The van der Waals surface area contributed by atoms with Gasteiger partial charge in [0.1, 0.15) is 17.3 Å². The normalized spacial score (nSPS) is 27.6. The number of Topliss-reactive ketones (excluding diaryl/α,β-unsaturated/α-hetero) is 3. The zero-order chi connectivity index (χ0) is 31.0. The molecule has 4 aliphatic carbocycles. The quantitative estimate of drug-likeness (QED) is 0.0884. The van der Waals surface area contributed by atoms with E-state index in [-0.39, 0.29) is 0 Å². The van der Waals surface area contributed by atoms with Crippen LogP contribution in [-0.4, -0.2) is 17.3 Å². The fourth-order valence-corrected chi connectivity index (χ4v) is 10.5. The summed E-state index contributed by atoms with van der Waals surface area (Å²) in [6.07, 6.45) is 34.4. The van der Waals surface area contributed by atoms with Crippen LogP contribution in [0.3, 0.4) is 0 Å². The highest BCUT2D eigenvalue weighted by molar-refractivity contribution is 5.78. The number of unbranched alkanes of at least 4 members (excludes halogenated alkanes) is 9. The Bertz CT molecular complexity index is 725. The van der Waals surface area contributed by atoms with Gasteiger partial charge in [0.2, 0.25) is 0 Å². The number of carbonyl (C=O) groups excluding carboxylic acids is 3. The number of hydrogen-bond acceptors (Lipinski definition) is 3. The molecule has 0 aromatic heterocycles. The Morgan fingerprint density at radius 3 is 0.930 bits per heavy atom. The summed E-state index contributed by atoms with van der Waals surface area (Å²) in [7, 11) is 0. The van der Waals surface area contributed by atoms with Gasteiger partial charge in [-0.15, -0.1) is 0 Å². The van der Waals surface area contributed by atoms with E-state index in [1.165, 1.54) is 116 Å². The van der Waals surface area contributed by atoms with Gasteiger partial charge in [0.15, 0.2) is 0 Å². The van der Waals surface area contributed by atoms with Crippen molar-refractivity contribution in [1.29, 1.82) is 0 Å². The highest BCUT2D eigenvalue weighted by atomic mass is 16.1. The van der Waals surface area contributed by atoms with Gasteiger partial charge in [-0.05, 0) is 118 Å². The van der Waals surface area contributed by atoms with Crippen LogP contribution in [0.5, 0.6) is 0 Å². The molecular formula is C40H70O3. The lowest BCUT2D eigenvalue weighted by Gasteiger charge is -2.67. The summed E-state index contributed by atoms with van der Waals surface area (Å²) in [5.41, 5.74) is 1.45. The summed E-state index contributed by atoms with van der Waals surface area (Å²) in [4.78, 5) is 37.3. The number of hydrogen-bond donors (Lipinski definition) is 0. The molecule has 0 saturated heterocycles. The van der Waals surface area contributed by atoms with Crippen LogP contribution in [-0.2, 0) is 14.4 Å². The van der Waals surface area contributed by atoms with Crippen molar-refractivity contribution < 1.29 is 14.4 Å². The molecule has 3 heteroatoms. The highest BCUT2D eigenvalue weighted by Crippen LogP contribution is 2.73. The predicted octanol–water partition coefficient (Wildman–Crippen LogP) is 12.1. The van der Waals surface area contributed by atoms with Crippen molar-refractivity contribution >= 4 is 17.3 Å². The molecule has 0 radical (unpaired) electrons. The average molecular weight is 599 g/mol. The Morgan fingerprint density at radius 1 is 0.419 bits per heavy atom. The van der Waals surface area contributed by atoms with Crippen molar-refractivity contribution in [2.24, 2.45) is 22.2 Å². The summed E-state index contributed by atoms with van der Waals surface area (Å²) in [6.45, 7) is 6.62. The largest absolute Gasteiger partial charge is 0.300 e. The van der Waals surface area contributed by atoms with Crippen molar-refractivity contribution in [3.63, 3.8) is 0 Å². The lowest BCUT2D eigenvalue weighted by Crippen LogP contribution is -2.56. The molecule has 0 N–H and O–H groups in total. The summed E-state index contributed by atoms with van der Waals surface area (Å²) in [5.74, 6) is 2.33. The van der Waals surface area contributed by atoms with E-state index in [0.717, 1.165) is 83.0 Å². The summed E-state index contributed by atoms with van der Waals surface area (Å²) >= 11 is 0. The molecule has 0 unspecified atom stereocenters. The van der Waals surface area contributed by atoms with Gasteiger partial charge < -0.3 is 0 Å². The second kappa shape index (κ2) is 18.9. The van der Waals surface area contributed by atoms with E-state index < -0.39 is 0 Å². The second-order valence-electron chi connectivity index (χ2n) is 16.1. The van der Waals surface area contributed by atoms with Crippen LogP contribution in [0.4, 0.5) is 0 Å². The molecule has 248 valence electrons. The van der Waals surface area contributed by atoms with Crippen LogP contribution in [0, 0.1) is 22.2 Å². The van der Waals surface area contributed by atoms with Gasteiger partial charge in [-0.3, -0.25) is 14.4 Å². The Balaban J connectivity index is 1.55. The summed E-state index contributed by atoms with van der Waals surface area (Å²) < 4.78 is 0. The minimum atomic E-state index is 0.483. The van der Waals surface area contributed by atoms with Gasteiger partial charge >= 0.3 is 0 Å². The van der Waals surface area contributed by atoms with E-state index in [4.69, 9.17) is 0 Å². The molecule has 4 aliphatic rings. The lowest BCUT2D eigenvalue weighted by atomic mass is 9.37. The molecule has 0 aromatic rings. The lowest BCUT2D eigenvalue weighted by molar-refractivity contribution is -0.169. The van der Waals surface area contributed by atoms with Gasteiger partial charge in [0.25, 0.3) is 0 Å². The van der Waals surface area contributed by atoms with E-state index in [9.17, 15) is 14.4 Å². The number of rotatable bonds is 27. The molecule has 0 aromatic carbocycles. The van der Waals surface area contributed by atoms with Gasteiger partial charge in [-0.1, -0.05) is 78.6 Å². The van der Waals surface area contributed by atoms with Gasteiger partial charge in [-0.2, -0.15) is 0 Å². The first-order valence-electron chi connectivity index (χ1n) is 19.3. The average Bonchev–Trinajstić information content (AvgIpc) is 2.96. The molecule has 4 saturated carbocycles. The van der Waals surface area contributed by atoms with E-state index in [1.807, 2.05) is 0 Å². The third-order valence-corrected chi connectivity index (χ3v) is 11.8. The van der Waals surface area contributed by atoms with Crippen molar-refractivity contribution in [1.82, 2.24) is 0 Å². The first-order chi connectivity index (χ1) is 20.8. The smallest absolute Gasteiger partial charge is 0.132 e. The van der Waals surface area contributed by atoms with Crippen molar-refractivity contribution in [2.75, 3.05) is 0 Å². The predicted molar refractivity (Wildman–Crippen MR) is 181 cm³/mol. The molecule has 0 spiro atoms. The van der Waals surface area contributed by atoms with Crippen LogP contribution in [0.15, 0.2) is 0 Å². The summed E-state index contributed by atoms with van der Waals surface area (Å²) in [5, 5.41) is 0. The third kappa shape index (κ3) is 12.4. The van der Waals surface area contributed by atoms with Gasteiger partial charge in [0, 0.05) is 38.5 Å². The first kappa shape index (κ1) is 36.5. The Kier molecular flexibility index (Phi) is 16.0. The van der Waals surface area contributed by atoms with Gasteiger partial charge in [0.05, 0.1) is 0 Å². The SMILES string of the molecule is CCCCCC(=O)CCCCC12CC3CC(CCCCC(=O)CCCCC)(C1)CC(CCCCC(=O)CCCCC)(C3)C2. The van der Waals surface area contributed by atoms with Crippen molar-refractivity contribution in [3.8, 4) is 0 Å². The Labute approximate surface area is 266 Å². The fourth-order valence-electron chi connectivity index (χ4n) is 10.5. The molecule has 4 bridgehead atoms. The monoisotopic (exact) mass is 599 g/mol. The third-order valence-electron chi connectivity index (χ3n) is 11.8. The zero-order valence-electron chi connectivity index (χ0n) is 29.0. The molecule has 4 rings (SSSR count). The van der Waals surface area contributed by atoms with Crippen molar-refractivity contribution in [2.45, 2.75) is 213 Å². The minimum Gasteiger partial charge on any atom is -0.300 e. The van der Waals surface area contributed by atoms with Crippen LogP contribution < -0.4 is 0 Å². The number of ketones is 3. The second-order valence-corrected chi connectivity index (χ2v) is 16.1. The molecule has 0 amide bonds. The molecular weight excluding hydrogens is 528 g/mol. The molecule has 43 heavy (non-hydrogen) atoms. The van der Waals surface area contributed by atoms with E-state index >= 15 is 0 Å². The Morgan fingerprint density at radius 2 is 0.674 bits per heavy atom. The standard InChI is InChI=1S/C40H70O3/c1-4-7-10-19-35(41)22-13-16-25-38-28-34-29-39(31-38,26-17-14-23-36(42)20-11-8-5-2)33-40(30-34,32-38)27-18-15-24-37(43)21-12-9-6-3/h34H,4-33H2,1-3H3. The molecule has 4 fully saturated rings. The van der Waals surface area contributed by atoms with E-state index in [0.29, 0.717) is 33.6 Å². The van der Waals surface area contributed by atoms with Crippen LogP contribution in [0.1, 0.15) is 213 Å². The van der Waals surface area contributed by atoms with Crippen LogP contribution in [0.25, 0.3) is 0 Å². The molecule has 0 aliphatic heterocycles. The Hall–Kier alpha value is -0.990. The van der Waals surface area contributed by atoms with E-state index in [2.05, 4.69) is 20.8 Å². The molecule has 3 nitrogen and oxygen atoms in total. The van der Waals surface area contributed by atoms with Crippen LogP contribution in [0.2, 0.25) is 0 Å². The molecule has 0 heterocycles. The highest BCUT2D eigenvalue weighted by Gasteiger charge is 2.61. The van der Waals surface area contributed by atoms with Crippen molar-refractivity contribution in [3.05, 3.63) is 0 Å². The number of carbonyl (C=O) groups is 3. The first-order valence-corrected chi connectivity index (χ1v) is 19.3. The topological polar surface area (TPSA) is 51.2 Å². The van der Waals surface area contributed by atoms with Gasteiger partial charge in [-0.25, -0.2) is 0 Å². The maximum atomic E-state index is 12.4.